The quantitative estimate of drug-likeness (QED) is 0.773. The highest BCUT2D eigenvalue weighted by atomic mass is 16.6. The van der Waals surface area contributed by atoms with Gasteiger partial charge in [-0.3, -0.25) is 14.5 Å². The van der Waals surface area contributed by atoms with Crippen LogP contribution in [0, 0.1) is 6.92 Å². The van der Waals surface area contributed by atoms with Crippen molar-refractivity contribution in [2.75, 3.05) is 13.1 Å². The van der Waals surface area contributed by atoms with Crippen LogP contribution in [-0.4, -0.2) is 57.9 Å². The van der Waals surface area contributed by atoms with E-state index < -0.39 is 0 Å². The molecule has 0 saturated carbocycles. The molecule has 1 aromatic rings. The Bertz CT molecular complexity index is 600. The molecule has 2 aliphatic heterocycles. The minimum atomic E-state index is -0.173. The largest absolute Gasteiger partial charge is 0.461 e. The fraction of sp³-hybridized carbons (Fsp3) is 0.688. The fourth-order valence-corrected chi connectivity index (χ4v) is 3.46. The second-order valence-electron chi connectivity index (χ2n) is 6.45. The topological polar surface area (TPSA) is 75.9 Å². The van der Waals surface area contributed by atoms with E-state index in [2.05, 4.69) is 9.88 Å². The summed E-state index contributed by atoms with van der Waals surface area (Å²) in [5.74, 6) is 1.13. The van der Waals surface area contributed by atoms with Crippen molar-refractivity contribution in [1.29, 1.82) is 0 Å². The van der Waals surface area contributed by atoms with Crippen molar-refractivity contribution in [1.82, 2.24) is 14.8 Å². The molecule has 0 radical (unpaired) electrons. The molecule has 0 spiro atoms. The number of nitrogens with zero attached hydrogens (tertiary/aromatic N) is 3. The Morgan fingerprint density at radius 1 is 1.52 bits per heavy atom. The molecule has 0 N–H and O–H groups in total. The first-order valence-electron chi connectivity index (χ1n) is 8.07. The lowest BCUT2D eigenvalue weighted by Gasteiger charge is -2.27. The Morgan fingerprint density at radius 3 is 2.87 bits per heavy atom. The van der Waals surface area contributed by atoms with Gasteiger partial charge in [0.2, 0.25) is 11.8 Å². The van der Waals surface area contributed by atoms with Gasteiger partial charge in [0.15, 0.2) is 0 Å². The monoisotopic (exact) mass is 321 g/mol. The third-order valence-electron chi connectivity index (χ3n) is 4.60. The second kappa shape index (κ2) is 6.31. The summed E-state index contributed by atoms with van der Waals surface area (Å²) >= 11 is 0. The Hall–Kier alpha value is -1.89. The average molecular weight is 321 g/mol. The molecule has 3 heterocycles. The Labute approximate surface area is 135 Å². The Kier molecular flexibility index (Phi) is 4.39. The summed E-state index contributed by atoms with van der Waals surface area (Å²) in [4.78, 5) is 32.0. The number of aromatic nitrogens is 1. The zero-order valence-electron chi connectivity index (χ0n) is 13.8. The van der Waals surface area contributed by atoms with E-state index in [4.69, 9.17) is 9.15 Å². The minimum Gasteiger partial charge on any atom is -0.461 e. The van der Waals surface area contributed by atoms with Crippen LogP contribution in [0.2, 0.25) is 0 Å². The molecule has 1 amide bonds. The van der Waals surface area contributed by atoms with Crippen LogP contribution in [-0.2, 0) is 20.9 Å². The van der Waals surface area contributed by atoms with E-state index in [-0.39, 0.29) is 30.1 Å². The van der Waals surface area contributed by atoms with Crippen LogP contribution in [0.3, 0.4) is 0 Å². The van der Waals surface area contributed by atoms with Gasteiger partial charge in [0.1, 0.15) is 17.9 Å². The molecule has 3 atom stereocenters. The van der Waals surface area contributed by atoms with Crippen molar-refractivity contribution in [3.05, 3.63) is 17.8 Å². The maximum atomic E-state index is 12.0. The van der Waals surface area contributed by atoms with Crippen molar-refractivity contribution in [2.24, 2.45) is 0 Å². The summed E-state index contributed by atoms with van der Waals surface area (Å²) in [6, 6.07) is -0.101. The summed E-state index contributed by atoms with van der Waals surface area (Å²) < 4.78 is 10.7. The standard InChI is InChI=1S/C16H23N3O4/c1-10-6-14(16(21)23-10)18-5-4-13(8-18)19(12(3)20)9-15-17-7-11(2)22-15/h7,10,13-14H,4-6,8-9H2,1-3H3/t10-,13-,14+/m1/s1. The summed E-state index contributed by atoms with van der Waals surface area (Å²) in [6.07, 6.45) is 3.21. The highest BCUT2D eigenvalue weighted by molar-refractivity contribution is 5.78. The third kappa shape index (κ3) is 3.39. The SMILES string of the molecule is CC(=O)N(Cc1ncc(C)o1)[C@@H]1CCN([C@H]2C[C@@H](C)OC2=O)C1. The normalized spacial score (nSPS) is 28.1. The molecule has 126 valence electrons. The summed E-state index contributed by atoms with van der Waals surface area (Å²) in [5, 5.41) is 0. The lowest BCUT2D eigenvalue weighted by Crippen LogP contribution is -2.43. The van der Waals surface area contributed by atoms with Gasteiger partial charge >= 0.3 is 5.97 Å². The number of hydrogen-bond donors (Lipinski definition) is 0. The van der Waals surface area contributed by atoms with Gasteiger partial charge in [-0.05, 0) is 20.3 Å². The van der Waals surface area contributed by atoms with Crippen LogP contribution in [0.25, 0.3) is 0 Å². The molecule has 2 fully saturated rings. The predicted octanol–water partition coefficient (Wildman–Crippen LogP) is 1.11. The second-order valence-corrected chi connectivity index (χ2v) is 6.45. The zero-order chi connectivity index (χ0) is 16.6. The van der Waals surface area contributed by atoms with Crippen LogP contribution < -0.4 is 0 Å². The van der Waals surface area contributed by atoms with Gasteiger partial charge in [-0.2, -0.15) is 0 Å². The van der Waals surface area contributed by atoms with Crippen LogP contribution >= 0.6 is 0 Å². The van der Waals surface area contributed by atoms with Gasteiger partial charge in [-0.25, -0.2) is 4.98 Å². The van der Waals surface area contributed by atoms with Gasteiger partial charge in [0, 0.05) is 32.5 Å². The van der Waals surface area contributed by atoms with Crippen LogP contribution in [0.1, 0.15) is 38.3 Å². The number of esters is 1. The van der Waals surface area contributed by atoms with Crippen molar-refractivity contribution >= 4 is 11.9 Å². The highest BCUT2D eigenvalue weighted by Gasteiger charge is 2.41. The molecule has 1 aromatic heterocycles. The van der Waals surface area contributed by atoms with Gasteiger partial charge in [0.25, 0.3) is 0 Å². The van der Waals surface area contributed by atoms with E-state index in [1.165, 1.54) is 0 Å². The molecule has 0 aliphatic carbocycles. The molecule has 23 heavy (non-hydrogen) atoms. The molecule has 0 bridgehead atoms. The summed E-state index contributed by atoms with van der Waals surface area (Å²) in [7, 11) is 0. The first-order valence-corrected chi connectivity index (χ1v) is 8.07. The number of likely N-dealkylation sites (tertiary alicyclic amines) is 1. The number of ether oxygens (including phenoxy) is 1. The number of carbonyl (C=O) groups excluding carboxylic acids is 2. The average Bonchev–Trinajstić information content (AvgIpc) is 3.16. The van der Waals surface area contributed by atoms with E-state index in [0.29, 0.717) is 19.0 Å². The van der Waals surface area contributed by atoms with Crippen LogP contribution in [0.5, 0.6) is 0 Å². The van der Waals surface area contributed by atoms with Gasteiger partial charge in [-0.15, -0.1) is 0 Å². The molecule has 0 unspecified atom stereocenters. The smallest absolute Gasteiger partial charge is 0.323 e. The maximum Gasteiger partial charge on any atom is 0.323 e. The van der Waals surface area contributed by atoms with E-state index >= 15 is 0 Å². The van der Waals surface area contributed by atoms with E-state index in [1.54, 1.807) is 18.0 Å². The number of hydrogen-bond acceptors (Lipinski definition) is 6. The summed E-state index contributed by atoms with van der Waals surface area (Å²) in [6.45, 7) is 7.16. The highest BCUT2D eigenvalue weighted by Crippen LogP contribution is 2.26. The number of oxazole rings is 1. The summed E-state index contributed by atoms with van der Waals surface area (Å²) in [5.41, 5.74) is 0. The molecular formula is C16H23N3O4. The van der Waals surface area contributed by atoms with Crippen molar-refractivity contribution in [3.8, 4) is 0 Å². The maximum absolute atomic E-state index is 12.0. The van der Waals surface area contributed by atoms with Crippen molar-refractivity contribution in [3.63, 3.8) is 0 Å². The number of amides is 1. The number of cyclic esters (lactones) is 1. The lowest BCUT2D eigenvalue weighted by atomic mass is 10.1. The van der Waals surface area contributed by atoms with Crippen LogP contribution in [0.15, 0.2) is 10.6 Å². The Morgan fingerprint density at radius 2 is 2.30 bits per heavy atom. The van der Waals surface area contributed by atoms with E-state index in [9.17, 15) is 9.59 Å². The van der Waals surface area contributed by atoms with Gasteiger partial charge in [0.05, 0.1) is 12.7 Å². The lowest BCUT2D eigenvalue weighted by molar-refractivity contribution is -0.144. The molecule has 0 aromatic carbocycles. The molecule has 2 aliphatic rings. The Balaban J connectivity index is 1.65. The fourth-order valence-electron chi connectivity index (χ4n) is 3.46. The first kappa shape index (κ1) is 16.0. The van der Waals surface area contributed by atoms with E-state index in [0.717, 1.165) is 25.1 Å². The predicted molar refractivity (Wildman–Crippen MR) is 81.4 cm³/mol. The van der Waals surface area contributed by atoms with Crippen molar-refractivity contribution in [2.45, 2.75) is 58.3 Å². The number of carbonyl (C=O) groups is 2. The van der Waals surface area contributed by atoms with Crippen LogP contribution in [0.4, 0.5) is 0 Å². The minimum absolute atomic E-state index is 0.00457. The van der Waals surface area contributed by atoms with Gasteiger partial charge in [-0.1, -0.05) is 0 Å². The molecule has 2 saturated heterocycles. The first-order chi connectivity index (χ1) is 10.9. The van der Waals surface area contributed by atoms with Gasteiger partial charge < -0.3 is 14.1 Å². The number of rotatable bonds is 4. The van der Waals surface area contributed by atoms with Crippen molar-refractivity contribution < 1.29 is 18.7 Å². The third-order valence-corrected chi connectivity index (χ3v) is 4.60. The molecule has 7 heteroatoms. The number of aryl methyl sites for hydroxylation is 1. The molecule has 3 rings (SSSR count). The molecular weight excluding hydrogens is 298 g/mol. The molecule has 7 nitrogen and oxygen atoms in total. The zero-order valence-corrected chi connectivity index (χ0v) is 13.8. The van der Waals surface area contributed by atoms with E-state index in [1.807, 2.05) is 13.8 Å².